The van der Waals surface area contributed by atoms with Crippen LogP contribution in [0.15, 0.2) is 95.9 Å². The van der Waals surface area contributed by atoms with Gasteiger partial charge in [-0.05, 0) is 23.6 Å². The second kappa shape index (κ2) is 10.8. The van der Waals surface area contributed by atoms with Crippen LogP contribution in [0.5, 0.6) is 0 Å². The van der Waals surface area contributed by atoms with Crippen molar-refractivity contribution in [1.29, 1.82) is 0 Å². The van der Waals surface area contributed by atoms with Gasteiger partial charge in [0, 0.05) is 12.6 Å². The van der Waals surface area contributed by atoms with Gasteiger partial charge in [0.05, 0.1) is 17.6 Å². The highest BCUT2D eigenvalue weighted by atomic mass is 32.2. The molecular formula is C24H24N2O5S. The maximum Gasteiger partial charge on any atom is 0.289 e. The molecule has 0 saturated heterocycles. The van der Waals surface area contributed by atoms with E-state index in [1.165, 1.54) is 18.2 Å². The fourth-order valence-electron chi connectivity index (χ4n) is 3.40. The lowest BCUT2D eigenvalue weighted by atomic mass is 10.1. The van der Waals surface area contributed by atoms with Crippen LogP contribution in [0.2, 0.25) is 0 Å². The van der Waals surface area contributed by atoms with Gasteiger partial charge in [0.15, 0.2) is 4.90 Å². The van der Waals surface area contributed by atoms with Crippen molar-refractivity contribution in [2.75, 3.05) is 13.2 Å². The molecule has 8 heteroatoms. The molecule has 0 spiro atoms. The molecule has 1 N–H and O–H groups in total. The molecule has 0 saturated carbocycles. The quantitative estimate of drug-likeness (QED) is 0.371. The van der Waals surface area contributed by atoms with E-state index in [9.17, 15) is 23.6 Å². The Bertz CT molecular complexity index is 1170. The minimum atomic E-state index is -4.28. The van der Waals surface area contributed by atoms with E-state index in [2.05, 4.69) is 0 Å². The first-order valence-electron chi connectivity index (χ1n) is 10.0. The third-order valence-corrected chi connectivity index (χ3v) is 6.94. The molecule has 3 rings (SSSR count). The first-order chi connectivity index (χ1) is 15.4. The maximum atomic E-state index is 13.6. The average Bonchev–Trinajstić information content (AvgIpc) is 2.82. The molecule has 32 heavy (non-hydrogen) atoms. The van der Waals surface area contributed by atoms with E-state index in [-0.39, 0.29) is 13.0 Å². The zero-order valence-corrected chi connectivity index (χ0v) is 18.1. The van der Waals surface area contributed by atoms with E-state index in [4.69, 9.17) is 0 Å². The number of aliphatic hydroxyl groups is 1. The third-order valence-electron chi connectivity index (χ3n) is 4.98. The van der Waals surface area contributed by atoms with Crippen molar-refractivity contribution in [1.82, 2.24) is 4.31 Å². The number of aliphatic hydroxyl groups excluding tert-OH is 1. The molecule has 0 aliphatic carbocycles. The Morgan fingerprint density at radius 1 is 0.938 bits per heavy atom. The summed E-state index contributed by atoms with van der Waals surface area (Å²) in [6.07, 6.45) is 3.71. The van der Waals surface area contributed by atoms with E-state index in [1.54, 1.807) is 12.2 Å². The van der Waals surface area contributed by atoms with Crippen molar-refractivity contribution >= 4 is 21.8 Å². The highest BCUT2D eigenvalue weighted by Crippen LogP contribution is 2.28. The summed E-state index contributed by atoms with van der Waals surface area (Å²) in [5.41, 5.74) is 1.24. The fourth-order valence-corrected chi connectivity index (χ4v) is 5.12. The molecule has 0 aromatic heterocycles. The number of hydrogen-bond acceptors (Lipinski definition) is 5. The van der Waals surface area contributed by atoms with Gasteiger partial charge >= 0.3 is 0 Å². The summed E-state index contributed by atoms with van der Waals surface area (Å²) in [4.78, 5) is 10.4. The molecule has 0 aliphatic heterocycles. The van der Waals surface area contributed by atoms with E-state index in [1.807, 2.05) is 60.7 Å². The van der Waals surface area contributed by atoms with Crippen LogP contribution in [0.4, 0.5) is 5.69 Å². The van der Waals surface area contributed by atoms with E-state index >= 15 is 0 Å². The van der Waals surface area contributed by atoms with Crippen LogP contribution in [0, 0.1) is 10.1 Å². The minimum absolute atomic E-state index is 0.0542. The summed E-state index contributed by atoms with van der Waals surface area (Å²) in [6.45, 7) is -0.491. The molecule has 7 nitrogen and oxygen atoms in total. The highest BCUT2D eigenvalue weighted by molar-refractivity contribution is 7.89. The van der Waals surface area contributed by atoms with Crippen molar-refractivity contribution in [2.45, 2.75) is 17.4 Å². The van der Waals surface area contributed by atoms with Crippen molar-refractivity contribution < 1.29 is 18.4 Å². The molecule has 0 fully saturated rings. The van der Waals surface area contributed by atoms with Gasteiger partial charge in [0.1, 0.15) is 0 Å². The number of rotatable bonds is 10. The second-order valence-electron chi connectivity index (χ2n) is 7.14. The van der Waals surface area contributed by atoms with Gasteiger partial charge in [-0.25, -0.2) is 8.42 Å². The normalized spacial score (nSPS) is 12.8. The van der Waals surface area contributed by atoms with Crippen LogP contribution in [0.3, 0.4) is 0 Å². The zero-order chi connectivity index (χ0) is 23.0. The third kappa shape index (κ3) is 5.67. The van der Waals surface area contributed by atoms with E-state index in [0.717, 1.165) is 21.5 Å². The maximum absolute atomic E-state index is 13.6. The number of nitro groups is 1. The number of sulfonamides is 1. The highest BCUT2D eigenvalue weighted by Gasteiger charge is 2.35. The first kappa shape index (κ1) is 23.3. The standard InChI is InChI=1S/C24H24N2O5S/c27-19-22(18-21-12-5-2-6-13-21)25(17-9-14-20-10-3-1-4-11-20)32(30,31)24-16-8-7-15-23(24)26(28)29/h1-16,22,27H,17-19H2/b14-9+. The van der Waals surface area contributed by atoms with Gasteiger partial charge in [0.2, 0.25) is 0 Å². The Morgan fingerprint density at radius 3 is 2.16 bits per heavy atom. The lowest BCUT2D eigenvalue weighted by Crippen LogP contribution is -2.44. The lowest BCUT2D eigenvalue weighted by molar-refractivity contribution is -0.387. The Kier molecular flexibility index (Phi) is 7.88. The summed E-state index contributed by atoms with van der Waals surface area (Å²) < 4.78 is 28.3. The van der Waals surface area contributed by atoms with Crippen LogP contribution >= 0.6 is 0 Å². The largest absolute Gasteiger partial charge is 0.395 e. The first-order valence-corrected chi connectivity index (χ1v) is 11.5. The summed E-state index contributed by atoms with van der Waals surface area (Å²) in [5, 5.41) is 21.6. The van der Waals surface area contributed by atoms with Crippen molar-refractivity contribution in [3.05, 3.63) is 112 Å². The van der Waals surface area contributed by atoms with Crippen molar-refractivity contribution in [2.24, 2.45) is 0 Å². The monoisotopic (exact) mass is 452 g/mol. The summed E-state index contributed by atoms with van der Waals surface area (Å²) >= 11 is 0. The predicted octanol–water partition coefficient (Wildman–Crippen LogP) is 3.90. The number of para-hydroxylation sites is 1. The molecular weight excluding hydrogens is 428 g/mol. The molecule has 166 valence electrons. The van der Waals surface area contributed by atoms with Crippen LogP contribution in [0.25, 0.3) is 6.08 Å². The molecule has 3 aromatic carbocycles. The van der Waals surface area contributed by atoms with Gasteiger partial charge < -0.3 is 5.11 Å². The molecule has 0 radical (unpaired) electrons. The predicted molar refractivity (Wildman–Crippen MR) is 123 cm³/mol. The summed E-state index contributed by atoms with van der Waals surface area (Å²) in [6, 6.07) is 23.0. The Labute approximate surface area is 187 Å². The molecule has 1 unspecified atom stereocenters. The summed E-state index contributed by atoms with van der Waals surface area (Å²) in [7, 11) is -4.28. The van der Waals surface area contributed by atoms with Gasteiger partial charge in [0.25, 0.3) is 15.7 Å². The zero-order valence-electron chi connectivity index (χ0n) is 17.3. The van der Waals surface area contributed by atoms with Gasteiger partial charge in [-0.3, -0.25) is 10.1 Å². The second-order valence-corrected chi connectivity index (χ2v) is 9.00. The van der Waals surface area contributed by atoms with Crippen LogP contribution in [0.1, 0.15) is 11.1 Å². The average molecular weight is 453 g/mol. The van der Waals surface area contributed by atoms with Gasteiger partial charge in [-0.2, -0.15) is 4.31 Å². The molecule has 0 amide bonds. The van der Waals surface area contributed by atoms with E-state index in [0.29, 0.717) is 0 Å². The summed E-state index contributed by atoms with van der Waals surface area (Å²) in [5.74, 6) is 0. The minimum Gasteiger partial charge on any atom is -0.395 e. The lowest BCUT2D eigenvalue weighted by Gasteiger charge is -2.29. The SMILES string of the molecule is O=[N+]([O-])c1ccccc1S(=O)(=O)N(C/C=C/c1ccccc1)C(CO)Cc1ccccc1. The molecule has 0 aliphatic rings. The number of hydrogen-bond donors (Lipinski definition) is 1. The van der Waals surface area contributed by atoms with Crippen molar-refractivity contribution in [3.63, 3.8) is 0 Å². The topological polar surface area (TPSA) is 101 Å². The Balaban J connectivity index is 2.00. The van der Waals surface area contributed by atoms with Crippen LogP contribution < -0.4 is 0 Å². The smallest absolute Gasteiger partial charge is 0.289 e. The molecule has 0 bridgehead atoms. The Morgan fingerprint density at radius 2 is 1.53 bits per heavy atom. The van der Waals surface area contributed by atoms with Gasteiger partial charge in [-0.15, -0.1) is 0 Å². The van der Waals surface area contributed by atoms with Gasteiger partial charge in [-0.1, -0.05) is 84.9 Å². The van der Waals surface area contributed by atoms with Crippen LogP contribution in [-0.2, 0) is 16.4 Å². The fraction of sp³-hybridized carbons (Fsp3) is 0.167. The molecule has 0 heterocycles. The van der Waals surface area contributed by atoms with Crippen molar-refractivity contribution in [3.8, 4) is 0 Å². The number of nitro benzene ring substituents is 1. The number of nitrogens with zero attached hydrogens (tertiary/aromatic N) is 2. The number of benzene rings is 3. The van der Waals surface area contributed by atoms with Crippen LogP contribution in [-0.4, -0.2) is 41.9 Å². The molecule has 1 atom stereocenters. The van der Waals surface area contributed by atoms with E-state index < -0.39 is 38.2 Å². The Hall–Kier alpha value is -3.33. The molecule has 3 aromatic rings.